The molecule has 3 rings (SSSR count). The summed E-state index contributed by atoms with van der Waals surface area (Å²) in [5, 5.41) is 3.23. The fourth-order valence-electron chi connectivity index (χ4n) is 3.34. The van der Waals surface area contributed by atoms with Crippen molar-refractivity contribution in [1.29, 1.82) is 0 Å². The quantitative estimate of drug-likeness (QED) is 0.811. The smallest absolute Gasteiger partial charge is 0.248 e. The van der Waals surface area contributed by atoms with Crippen molar-refractivity contribution in [2.45, 2.75) is 25.9 Å². The fraction of sp³-hybridized carbons (Fsp3) is 0.364. The van der Waals surface area contributed by atoms with E-state index < -0.39 is 5.54 Å². The molecule has 2 amide bonds. The van der Waals surface area contributed by atoms with Crippen LogP contribution >= 0.6 is 0 Å². The molecule has 6 nitrogen and oxygen atoms in total. The maximum atomic E-state index is 13.1. The molecule has 0 aliphatic carbocycles. The van der Waals surface area contributed by atoms with Crippen molar-refractivity contribution < 1.29 is 18.7 Å². The number of nitrogens with one attached hydrogen (secondary N) is 1. The van der Waals surface area contributed by atoms with Gasteiger partial charge < -0.3 is 19.9 Å². The lowest BCUT2D eigenvalue weighted by molar-refractivity contribution is -0.147. The Morgan fingerprint density at radius 3 is 2.34 bits per heavy atom. The molecule has 1 aliphatic heterocycles. The van der Waals surface area contributed by atoms with Gasteiger partial charge in [0.1, 0.15) is 17.1 Å². The molecule has 29 heavy (non-hydrogen) atoms. The highest BCUT2D eigenvalue weighted by atomic mass is 19.1. The molecule has 1 N–H and O–H groups in total. The lowest BCUT2D eigenvalue weighted by Crippen LogP contribution is -2.58. The molecule has 0 unspecified atom stereocenters. The Hall–Kier alpha value is -3.09. The van der Waals surface area contributed by atoms with Gasteiger partial charge in [-0.3, -0.25) is 9.59 Å². The van der Waals surface area contributed by atoms with Crippen LogP contribution in [0.5, 0.6) is 5.75 Å². The first-order valence-corrected chi connectivity index (χ1v) is 9.52. The molecule has 1 fully saturated rings. The number of nitrogens with zero attached hydrogens (tertiary/aromatic N) is 2. The summed E-state index contributed by atoms with van der Waals surface area (Å²) in [6, 6.07) is 13.4. The zero-order chi connectivity index (χ0) is 21.0. The number of hydrogen-bond donors (Lipinski definition) is 1. The molecule has 0 saturated carbocycles. The van der Waals surface area contributed by atoms with Crippen LogP contribution in [0.2, 0.25) is 0 Å². The molecule has 0 bridgehead atoms. The molecule has 0 atom stereocenters. The standard InChI is InChI=1S/C22H26FN3O3/c1-22(2,24-18-8-10-19(29-3)11-9-18)21(28)26-13-12-25(20(27)15-26)14-16-4-6-17(23)7-5-16/h4-11,24H,12-15H2,1-3H3. The van der Waals surface area contributed by atoms with E-state index in [2.05, 4.69) is 5.32 Å². The average Bonchev–Trinajstić information content (AvgIpc) is 2.71. The fourth-order valence-corrected chi connectivity index (χ4v) is 3.34. The Morgan fingerprint density at radius 1 is 1.10 bits per heavy atom. The molecule has 0 radical (unpaired) electrons. The van der Waals surface area contributed by atoms with Crippen LogP contribution in [0.1, 0.15) is 19.4 Å². The minimum atomic E-state index is -0.867. The van der Waals surface area contributed by atoms with Gasteiger partial charge in [0.25, 0.3) is 0 Å². The van der Waals surface area contributed by atoms with E-state index in [1.807, 2.05) is 24.3 Å². The Morgan fingerprint density at radius 2 is 1.76 bits per heavy atom. The second-order valence-electron chi connectivity index (χ2n) is 7.65. The normalized spacial score (nSPS) is 14.7. The number of carbonyl (C=O) groups excluding carboxylic acids is 2. The summed E-state index contributed by atoms with van der Waals surface area (Å²) < 4.78 is 18.2. The van der Waals surface area contributed by atoms with Crippen LogP contribution in [-0.2, 0) is 16.1 Å². The Bertz CT molecular complexity index is 866. The number of ether oxygens (including phenoxy) is 1. The van der Waals surface area contributed by atoms with Crippen LogP contribution in [0.15, 0.2) is 48.5 Å². The third-order valence-electron chi connectivity index (χ3n) is 4.97. The van der Waals surface area contributed by atoms with Crippen molar-refractivity contribution in [3.8, 4) is 5.75 Å². The first-order chi connectivity index (χ1) is 13.8. The number of anilines is 1. The van der Waals surface area contributed by atoms with Gasteiger partial charge >= 0.3 is 0 Å². The number of amides is 2. The second kappa shape index (κ2) is 8.51. The predicted molar refractivity (Wildman–Crippen MR) is 109 cm³/mol. The van der Waals surface area contributed by atoms with Gasteiger partial charge in [-0.25, -0.2) is 4.39 Å². The van der Waals surface area contributed by atoms with Crippen LogP contribution in [0, 0.1) is 5.82 Å². The molecule has 2 aromatic rings. The van der Waals surface area contributed by atoms with Crippen LogP contribution < -0.4 is 10.1 Å². The van der Waals surface area contributed by atoms with Gasteiger partial charge in [-0.05, 0) is 55.8 Å². The monoisotopic (exact) mass is 399 g/mol. The zero-order valence-electron chi connectivity index (χ0n) is 16.9. The van der Waals surface area contributed by atoms with Crippen LogP contribution in [0.3, 0.4) is 0 Å². The summed E-state index contributed by atoms with van der Waals surface area (Å²) in [5.74, 6) is 0.182. The summed E-state index contributed by atoms with van der Waals surface area (Å²) in [7, 11) is 1.60. The maximum absolute atomic E-state index is 13.1. The summed E-state index contributed by atoms with van der Waals surface area (Å²) in [5.41, 5.74) is 0.792. The number of methoxy groups -OCH3 is 1. The van der Waals surface area contributed by atoms with Crippen LogP contribution in [-0.4, -0.2) is 53.9 Å². The third-order valence-corrected chi connectivity index (χ3v) is 4.97. The minimum absolute atomic E-state index is 0.0355. The lowest BCUT2D eigenvalue weighted by Gasteiger charge is -2.38. The number of piperazine rings is 1. The molecule has 1 aliphatic rings. The van der Waals surface area contributed by atoms with E-state index in [-0.39, 0.29) is 24.2 Å². The Balaban J connectivity index is 1.59. The maximum Gasteiger partial charge on any atom is 0.248 e. The first kappa shape index (κ1) is 20.6. The number of benzene rings is 2. The average molecular weight is 399 g/mol. The molecule has 154 valence electrons. The Labute approximate surface area is 170 Å². The number of rotatable bonds is 6. The number of carbonyl (C=O) groups is 2. The highest BCUT2D eigenvalue weighted by molar-refractivity contribution is 5.92. The van der Waals surface area contributed by atoms with E-state index in [0.717, 1.165) is 17.0 Å². The van der Waals surface area contributed by atoms with Crippen molar-refractivity contribution in [2.24, 2.45) is 0 Å². The van der Waals surface area contributed by atoms with Crippen molar-refractivity contribution in [3.63, 3.8) is 0 Å². The van der Waals surface area contributed by atoms with Crippen molar-refractivity contribution in [2.75, 3.05) is 32.1 Å². The zero-order valence-corrected chi connectivity index (χ0v) is 16.9. The van der Waals surface area contributed by atoms with Gasteiger partial charge in [0.2, 0.25) is 11.8 Å². The van der Waals surface area contributed by atoms with Gasteiger partial charge in [0.15, 0.2) is 0 Å². The summed E-state index contributed by atoms with van der Waals surface area (Å²) >= 11 is 0. The summed E-state index contributed by atoms with van der Waals surface area (Å²) in [6.45, 7) is 4.95. The topological polar surface area (TPSA) is 61.9 Å². The SMILES string of the molecule is COc1ccc(NC(C)(C)C(=O)N2CCN(Cc3ccc(F)cc3)C(=O)C2)cc1. The van der Waals surface area contributed by atoms with Crippen LogP contribution in [0.25, 0.3) is 0 Å². The van der Waals surface area contributed by atoms with Crippen molar-refractivity contribution in [1.82, 2.24) is 9.80 Å². The molecule has 1 saturated heterocycles. The van der Waals surface area contributed by atoms with E-state index in [1.165, 1.54) is 12.1 Å². The van der Waals surface area contributed by atoms with Crippen molar-refractivity contribution >= 4 is 17.5 Å². The predicted octanol–water partition coefficient (Wildman–Crippen LogP) is 2.90. The van der Waals surface area contributed by atoms with E-state index in [1.54, 1.807) is 42.9 Å². The van der Waals surface area contributed by atoms with Gasteiger partial charge in [-0.1, -0.05) is 12.1 Å². The Kier molecular flexibility index (Phi) is 6.06. The summed E-state index contributed by atoms with van der Waals surface area (Å²) in [6.07, 6.45) is 0. The largest absolute Gasteiger partial charge is 0.497 e. The van der Waals surface area contributed by atoms with Gasteiger partial charge in [-0.2, -0.15) is 0 Å². The molecule has 1 heterocycles. The van der Waals surface area contributed by atoms with E-state index in [4.69, 9.17) is 4.74 Å². The molecule has 2 aromatic carbocycles. The number of hydrogen-bond acceptors (Lipinski definition) is 4. The molecule has 0 spiro atoms. The van der Waals surface area contributed by atoms with Gasteiger partial charge in [-0.15, -0.1) is 0 Å². The lowest BCUT2D eigenvalue weighted by atomic mass is 10.0. The van der Waals surface area contributed by atoms with E-state index >= 15 is 0 Å². The highest BCUT2D eigenvalue weighted by Gasteiger charge is 2.36. The van der Waals surface area contributed by atoms with E-state index in [9.17, 15) is 14.0 Å². The summed E-state index contributed by atoms with van der Waals surface area (Å²) in [4.78, 5) is 28.9. The van der Waals surface area contributed by atoms with Crippen LogP contribution in [0.4, 0.5) is 10.1 Å². The third kappa shape index (κ3) is 5.04. The van der Waals surface area contributed by atoms with Gasteiger partial charge in [0, 0.05) is 25.3 Å². The van der Waals surface area contributed by atoms with Gasteiger partial charge in [0.05, 0.1) is 13.7 Å². The molecule has 7 heteroatoms. The first-order valence-electron chi connectivity index (χ1n) is 9.52. The molecule has 0 aromatic heterocycles. The van der Waals surface area contributed by atoms with Crippen molar-refractivity contribution in [3.05, 3.63) is 59.9 Å². The minimum Gasteiger partial charge on any atom is -0.497 e. The second-order valence-corrected chi connectivity index (χ2v) is 7.65. The van der Waals surface area contributed by atoms with E-state index in [0.29, 0.717) is 19.6 Å². The molecular weight excluding hydrogens is 373 g/mol. The molecular formula is C22H26FN3O3. The number of halogens is 1. The highest BCUT2D eigenvalue weighted by Crippen LogP contribution is 2.21.